The fraction of sp³-hybridized carbons (Fsp3) is 0.819. The molecule has 0 saturated heterocycles. The van der Waals surface area contributed by atoms with Crippen molar-refractivity contribution in [2.45, 2.75) is 367 Å². The molecule has 0 aliphatic rings. The lowest BCUT2D eigenvalue weighted by molar-refractivity contribution is -0.167. The molecule has 0 heterocycles. The van der Waals surface area contributed by atoms with Gasteiger partial charge in [0, 0.05) is 19.3 Å². The van der Waals surface area contributed by atoms with Gasteiger partial charge < -0.3 is 14.2 Å². The molecule has 0 aliphatic heterocycles. The van der Waals surface area contributed by atoms with E-state index in [0.29, 0.717) is 19.3 Å². The van der Waals surface area contributed by atoms with Gasteiger partial charge in [-0.1, -0.05) is 319 Å². The van der Waals surface area contributed by atoms with E-state index in [4.69, 9.17) is 14.2 Å². The number of esters is 3. The zero-order valence-electron chi connectivity index (χ0n) is 52.2. The van der Waals surface area contributed by atoms with Crippen LogP contribution in [0.15, 0.2) is 60.8 Å². The van der Waals surface area contributed by atoms with Crippen LogP contribution in [0, 0.1) is 0 Å². The van der Waals surface area contributed by atoms with Crippen molar-refractivity contribution < 1.29 is 28.6 Å². The number of hydrogen-bond donors (Lipinski definition) is 0. The predicted octanol–water partition coefficient (Wildman–Crippen LogP) is 23.5. The number of allylic oxidation sites excluding steroid dienone is 10. The summed E-state index contributed by atoms with van der Waals surface area (Å²) in [5.41, 5.74) is 0. The first kappa shape index (κ1) is 75.1. The maximum absolute atomic E-state index is 13.0. The summed E-state index contributed by atoms with van der Waals surface area (Å²) < 4.78 is 17.0. The smallest absolute Gasteiger partial charge is 0.306 e. The van der Waals surface area contributed by atoms with E-state index in [1.807, 2.05) is 0 Å². The van der Waals surface area contributed by atoms with Crippen LogP contribution < -0.4 is 0 Å². The second kappa shape index (κ2) is 66.6. The molecule has 0 radical (unpaired) electrons. The van der Waals surface area contributed by atoms with Crippen molar-refractivity contribution in [1.29, 1.82) is 0 Å². The molecule has 78 heavy (non-hydrogen) atoms. The van der Waals surface area contributed by atoms with Gasteiger partial charge in [-0.15, -0.1) is 0 Å². The summed E-state index contributed by atoms with van der Waals surface area (Å²) in [4.78, 5) is 38.4. The molecule has 6 nitrogen and oxygen atoms in total. The first-order valence-electron chi connectivity index (χ1n) is 34.3. The van der Waals surface area contributed by atoms with Gasteiger partial charge >= 0.3 is 17.9 Å². The van der Waals surface area contributed by atoms with E-state index in [2.05, 4.69) is 81.5 Å². The number of rotatable bonds is 63. The van der Waals surface area contributed by atoms with E-state index in [9.17, 15) is 14.4 Å². The summed E-state index contributed by atoms with van der Waals surface area (Å²) in [6, 6.07) is 0. The van der Waals surface area contributed by atoms with Crippen LogP contribution in [0.2, 0.25) is 0 Å². The van der Waals surface area contributed by atoms with Crippen LogP contribution >= 0.6 is 0 Å². The first-order valence-corrected chi connectivity index (χ1v) is 34.3. The predicted molar refractivity (Wildman–Crippen MR) is 339 cm³/mol. The highest BCUT2D eigenvalue weighted by Crippen LogP contribution is 2.18. The minimum absolute atomic E-state index is 0.0718. The molecule has 0 aromatic carbocycles. The average Bonchev–Trinajstić information content (AvgIpc) is 3.44. The van der Waals surface area contributed by atoms with Crippen molar-refractivity contribution in [3.8, 4) is 0 Å². The largest absolute Gasteiger partial charge is 0.462 e. The van der Waals surface area contributed by atoms with Crippen LogP contribution in [0.5, 0.6) is 0 Å². The third-order valence-electron chi connectivity index (χ3n) is 15.3. The number of carbonyl (C=O) groups excluding carboxylic acids is 3. The first-order chi connectivity index (χ1) is 38.5. The van der Waals surface area contributed by atoms with Gasteiger partial charge in [-0.3, -0.25) is 14.4 Å². The summed E-state index contributed by atoms with van der Waals surface area (Å²) in [5, 5.41) is 0. The molecule has 0 aliphatic carbocycles. The van der Waals surface area contributed by atoms with Crippen LogP contribution in [0.3, 0.4) is 0 Å². The Kier molecular flexibility index (Phi) is 64.2. The van der Waals surface area contributed by atoms with Crippen LogP contribution in [-0.4, -0.2) is 37.2 Å². The van der Waals surface area contributed by atoms with E-state index in [1.165, 1.54) is 238 Å². The lowest BCUT2D eigenvalue weighted by atomic mass is 10.0. The molecule has 0 N–H and O–H groups in total. The summed E-state index contributed by atoms with van der Waals surface area (Å²) >= 11 is 0. The van der Waals surface area contributed by atoms with E-state index in [0.717, 1.165) is 83.5 Å². The Morgan fingerprint density at radius 1 is 0.269 bits per heavy atom. The molecule has 0 saturated carbocycles. The lowest BCUT2D eigenvalue weighted by Crippen LogP contribution is -2.30. The molecule has 1 unspecified atom stereocenters. The highest BCUT2D eigenvalue weighted by atomic mass is 16.6. The van der Waals surface area contributed by atoms with Crippen molar-refractivity contribution >= 4 is 17.9 Å². The van der Waals surface area contributed by atoms with Crippen molar-refractivity contribution in [3.05, 3.63) is 60.8 Å². The van der Waals surface area contributed by atoms with E-state index >= 15 is 0 Å². The van der Waals surface area contributed by atoms with Gasteiger partial charge in [0.1, 0.15) is 13.2 Å². The lowest BCUT2D eigenvalue weighted by Gasteiger charge is -2.18. The zero-order valence-corrected chi connectivity index (χ0v) is 52.2. The number of carbonyl (C=O) groups is 3. The van der Waals surface area contributed by atoms with Crippen molar-refractivity contribution in [1.82, 2.24) is 0 Å². The fourth-order valence-electron chi connectivity index (χ4n) is 10.1. The third kappa shape index (κ3) is 63.9. The molecule has 0 rings (SSSR count). The number of hydrogen-bond acceptors (Lipinski definition) is 6. The minimum atomic E-state index is -0.777. The third-order valence-corrected chi connectivity index (χ3v) is 15.3. The number of unbranched alkanes of at least 4 members (excludes halogenated alkanes) is 42. The van der Waals surface area contributed by atoms with Crippen LogP contribution in [0.25, 0.3) is 0 Å². The Morgan fingerprint density at radius 2 is 0.500 bits per heavy atom. The summed E-state index contributed by atoms with van der Waals surface area (Å²) in [6.45, 7) is 6.59. The standard InChI is InChI=1S/C72H130O6/c1-4-7-10-13-16-19-22-25-28-31-33-35-36-38-39-41-44-47-50-53-56-59-62-65-71(74)77-68-69(67-76-70(73)64-61-58-55-52-49-46-43-30-27-24-21-18-15-12-9-6-3)78-72(75)66-63-60-57-54-51-48-45-42-40-37-34-32-29-26-23-20-17-14-11-8-5-2/h7,10,16,19,25,28,32-35,69H,4-6,8-9,11-15,17-18,20-24,26-27,29-31,36-68H2,1-3H3/b10-7-,19-16-,28-25-,34-32-,35-33-. The van der Waals surface area contributed by atoms with Crippen LogP contribution in [0.1, 0.15) is 361 Å². The summed E-state index contributed by atoms with van der Waals surface area (Å²) in [5.74, 6) is -0.854. The second-order valence-corrected chi connectivity index (χ2v) is 23.1. The van der Waals surface area contributed by atoms with Gasteiger partial charge in [-0.25, -0.2) is 0 Å². The minimum Gasteiger partial charge on any atom is -0.462 e. The molecular formula is C72H130O6. The Balaban J connectivity index is 4.33. The zero-order chi connectivity index (χ0) is 56.4. The van der Waals surface area contributed by atoms with Crippen molar-refractivity contribution in [3.63, 3.8) is 0 Å². The maximum Gasteiger partial charge on any atom is 0.306 e. The van der Waals surface area contributed by atoms with E-state index in [-0.39, 0.29) is 31.1 Å². The summed E-state index contributed by atoms with van der Waals surface area (Å²) in [6.07, 6.45) is 85.2. The quantitative estimate of drug-likeness (QED) is 0.0261. The van der Waals surface area contributed by atoms with Crippen molar-refractivity contribution in [2.24, 2.45) is 0 Å². The molecule has 0 aromatic heterocycles. The highest BCUT2D eigenvalue weighted by Gasteiger charge is 2.19. The Morgan fingerprint density at radius 3 is 0.795 bits per heavy atom. The van der Waals surface area contributed by atoms with Gasteiger partial charge in [-0.05, 0) is 83.5 Å². The molecule has 6 heteroatoms. The van der Waals surface area contributed by atoms with Crippen molar-refractivity contribution in [2.75, 3.05) is 13.2 Å². The number of ether oxygens (including phenoxy) is 3. The molecule has 1 atom stereocenters. The molecule has 0 fully saturated rings. The normalized spacial score (nSPS) is 12.4. The van der Waals surface area contributed by atoms with E-state index in [1.54, 1.807) is 0 Å². The molecule has 0 bridgehead atoms. The maximum atomic E-state index is 13.0. The van der Waals surface area contributed by atoms with Crippen LogP contribution in [-0.2, 0) is 28.6 Å². The fourth-order valence-corrected chi connectivity index (χ4v) is 10.1. The average molecular weight is 1090 g/mol. The monoisotopic (exact) mass is 1090 g/mol. The van der Waals surface area contributed by atoms with Crippen LogP contribution in [0.4, 0.5) is 0 Å². The molecular weight excluding hydrogens is 961 g/mol. The van der Waals surface area contributed by atoms with Gasteiger partial charge in [0.15, 0.2) is 6.10 Å². The Labute approximate surface area is 485 Å². The van der Waals surface area contributed by atoms with Gasteiger partial charge in [0.25, 0.3) is 0 Å². The topological polar surface area (TPSA) is 78.9 Å². The Hall–Kier alpha value is -2.89. The molecule has 0 spiro atoms. The summed E-state index contributed by atoms with van der Waals surface area (Å²) in [7, 11) is 0. The van der Waals surface area contributed by atoms with E-state index < -0.39 is 6.10 Å². The Bertz CT molecular complexity index is 1390. The molecule has 0 amide bonds. The SMILES string of the molecule is CC/C=C\C/C=C\C/C=C\C/C=C\CCCCCCCCCCCCC(=O)OCC(COC(=O)CCCCCCCCCCCCCCCCCC)OC(=O)CCCCCCCCCCC/C=C\CCCCCCCCCC. The van der Waals surface area contributed by atoms with Gasteiger partial charge in [-0.2, -0.15) is 0 Å². The van der Waals surface area contributed by atoms with Gasteiger partial charge in [0.05, 0.1) is 0 Å². The highest BCUT2D eigenvalue weighted by molar-refractivity contribution is 5.71. The van der Waals surface area contributed by atoms with Gasteiger partial charge in [0.2, 0.25) is 0 Å². The second-order valence-electron chi connectivity index (χ2n) is 23.1. The molecule has 0 aromatic rings. The molecule has 454 valence electrons.